The molecule has 0 saturated carbocycles. The zero-order chi connectivity index (χ0) is 20.2. The Kier molecular flexibility index (Phi) is 9.66. The number of nitrogens with one attached hydrogen (secondary N) is 1. The summed E-state index contributed by atoms with van der Waals surface area (Å²) >= 11 is 0. The van der Waals surface area contributed by atoms with Gasteiger partial charge in [0.25, 0.3) is 0 Å². The van der Waals surface area contributed by atoms with Crippen LogP contribution in [0.15, 0.2) is 24.3 Å². The molecule has 0 aromatic heterocycles. The molecule has 1 aliphatic rings. The Morgan fingerprint density at radius 1 is 1.14 bits per heavy atom. The fourth-order valence-corrected chi connectivity index (χ4v) is 3.33. The van der Waals surface area contributed by atoms with Gasteiger partial charge in [0.05, 0.1) is 25.7 Å². The Morgan fingerprint density at radius 3 is 2.64 bits per heavy atom. The number of ether oxygens (including phenoxy) is 2. The lowest BCUT2D eigenvalue weighted by molar-refractivity contribution is -0.151. The summed E-state index contributed by atoms with van der Waals surface area (Å²) in [6.07, 6.45) is 6.05. The van der Waals surface area contributed by atoms with Crippen LogP contribution in [-0.2, 0) is 14.3 Å². The minimum absolute atomic E-state index is 0.0493. The van der Waals surface area contributed by atoms with Crippen molar-refractivity contribution in [2.75, 3.05) is 38.2 Å². The minimum atomic E-state index is -0.140. The molecule has 0 aliphatic carbocycles. The summed E-state index contributed by atoms with van der Waals surface area (Å²) in [5.74, 6) is 0.653. The van der Waals surface area contributed by atoms with E-state index < -0.39 is 0 Å². The first kappa shape index (κ1) is 22.1. The molecule has 0 atom stereocenters. The number of amides is 1. The first-order chi connectivity index (χ1) is 13.6. The molecular formula is C22H34N2O4. The van der Waals surface area contributed by atoms with Gasteiger partial charge in [-0.15, -0.1) is 0 Å². The highest BCUT2D eigenvalue weighted by molar-refractivity contribution is 5.81. The number of carbonyl (C=O) groups excluding carboxylic acids is 2. The number of likely N-dealkylation sites (tertiary alicyclic amines) is 1. The van der Waals surface area contributed by atoms with E-state index in [1.807, 2.05) is 36.1 Å². The van der Waals surface area contributed by atoms with Crippen LogP contribution in [0.5, 0.6) is 5.75 Å². The molecule has 1 aliphatic heterocycles. The quantitative estimate of drug-likeness (QED) is 0.459. The predicted molar refractivity (Wildman–Crippen MR) is 111 cm³/mol. The highest BCUT2D eigenvalue weighted by atomic mass is 16.5. The number of nitrogens with zero attached hydrogens (tertiary/aromatic N) is 1. The van der Waals surface area contributed by atoms with Gasteiger partial charge < -0.3 is 19.7 Å². The van der Waals surface area contributed by atoms with Crippen molar-refractivity contribution in [3.8, 4) is 5.75 Å². The second-order valence-corrected chi connectivity index (χ2v) is 7.20. The molecule has 1 heterocycles. The van der Waals surface area contributed by atoms with E-state index in [9.17, 15) is 9.59 Å². The van der Waals surface area contributed by atoms with Crippen LogP contribution in [0.25, 0.3) is 0 Å². The van der Waals surface area contributed by atoms with E-state index in [2.05, 4.69) is 12.2 Å². The first-order valence-corrected chi connectivity index (χ1v) is 10.5. The van der Waals surface area contributed by atoms with Crippen LogP contribution >= 0.6 is 0 Å². The molecular weight excluding hydrogens is 356 g/mol. The zero-order valence-corrected chi connectivity index (χ0v) is 17.2. The van der Waals surface area contributed by atoms with Gasteiger partial charge in [-0.1, -0.05) is 32.3 Å². The average Bonchev–Trinajstić information content (AvgIpc) is 2.72. The van der Waals surface area contributed by atoms with Crippen molar-refractivity contribution in [2.24, 2.45) is 5.92 Å². The molecule has 6 heteroatoms. The van der Waals surface area contributed by atoms with E-state index in [-0.39, 0.29) is 24.3 Å². The van der Waals surface area contributed by atoms with Crippen LogP contribution in [0.1, 0.15) is 52.4 Å². The summed E-state index contributed by atoms with van der Waals surface area (Å²) in [5.41, 5.74) is 0.876. The third-order valence-corrected chi connectivity index (χ3v) is 5.01. The van der Waals surface area contributed by atoms with E-state index in [0.717, 1.165) is 24.5 Å². The summed E-state index contributed by atoms with van der Waals surface area (Å²) < 4.78 is 10.9. The van der Waals surface area contributed by atoms with Crippen LogP contribution in [0.3, 0.4) is 0 Å². The Morgan fingerprint density at radius 2 is 1.93 bits per heavy atom. The third-order valence-electron chi connectivity index (χ3n) is 5.01. The SMILES string of the molecule is CCCCCCOc1cccc(NCC(=O)N2CCC(C(=O)OCC)CC2)c1. The molecule has 2 rings (SSSR count). The lowest BCUT2D eigenvalue weighted by Gasteiger charge is -2.31. The van der Waals surface area contributed by atoms with E-state index in [1.54, 1.807) is 0 Å². The molecule has 0 unspecified atom stereocenters. The molecule has 1 amide bonds. The largest absolute Gasteiger partial charge is 0.494 e. The summed E-state index contributed by atoms with van der Waals surface area (Å²) in [5, 5.41) is 3.18. The van der Waals surface area contributed by atoms with Crippen LogP contribution in [0.4, 0.5) is 5.69 Å². The van der Waals surface area contributed by atoms with Crippen molar-refractivity contribution in [3.63, 3.8) is 0 Å². The van der Waals surface area contributed by atoms with E-state index in [4.69, 9.17) is 9.47 Å². The number of carbonyl (C=O) groups is 2. The molecule has 1 fully saturated rings. The first-order valence-electron chi connectivity index (χ1n) is 10.5. The van der Waals surface area contributed by atoms with Crippen LogP contribution < -0.4 is 10.1 Å². The van der Waals surface area contributed by atoms with Gasteiger partial charge in [-0.3, -0.25) is 9.59 Å². The third kappa shape index (κ3) is 7.41. The van der Waals surface area contributed by atoms with Gasteiger partial charge in [0.2, 0.25) is 5.91 Å². The zero-order valence-electron chi connectivity index (χ0n) is 17.2. The van der Waals surface area contributed by atoms with Gasteiger partial charge in [0, 0.05) is 24.8 Å². The van der Waals surface area contributed by atoms with Gasteiger partial charge >= 0.3 is 5.97 Å². The molecule has 1 aromatic carbocycles. The predicted octanol–water partition coefficient (Wildman–Crippen LogP) is 3.86. The number of hydrogen-bond donors (Lipinski definition) is 1. The summed E-state index contributed by atoms with van der Waals surface area (Å²) in [6.45, 7) is 6.58. The van der Waals surface area contributed by atoms with Crippen molar-refractivity contribution < 1.29 is 19.1 Å². The highest BCUT2D eigenvalue weighted by Gasteiger charge is 2.27. The number of piperidine rings is 1. The monoisotopic (exact) mass is 390 g/mol. The Bertz CT molecular complexity index is 612. The number of rotatable bonds is 11. The fourth-order valence-electron chi connectivity index (χ4n) is 3.33. The lowest BCUT2D eigenvalue weighted by Crippen LogP contribution is -2.43. The molecule has 1 N–H and O–H groups in total. The van der Waals surface area contributed by atoms with Crippen molar-refractivity contribution in [1.82, 2.24) is 4.90 Å². The number of benzene rings is 1. The van der Waals surface area contributed by atoms with Crippen molar-refractivity contribution in [3.05, 3.63) is 24.3 Å². The van der Waals surface area contributed by atoms with Gasteiger partial charge in [-0.05, 0) is 38.3 Å². The van der Waals surface area contributed by atoms with Crippen LogP contribution in [0, 0.1) is 5.92 Å². The smallest absolute Gasteiger partial charge is 0.309 e. The second-order valence-electron chi connectivity index (χ2n) is 7.20. The summed E-state index contributed by atoms with van der Waals surface area (Å²) in [4.78, 5) is 26.1. The summed E-state index contributed by atoms with van der Waals surface area (Å²) in [6, 6.07) is 7.73. The summed E-state index contributed by atoms with van der Waals surface area (Å²) in [7, 11) is 0. The molecule has 0 bridgehead atoms. The maximum atomic E-state index is 12.4. The van der Waals surface area contributed by atoms with Crippen molar-refractivity contribution in [1.29, 1.82) is 0 Å². The number of esters is 1. The number of unbranched alkanes of at least 4 members (excludes halogenated alkanes) is 3. The van der Waals surface area contributed by atoms with E-state index in [1.165, 1.54) is 19.3 Å². The Hall–Kier alpha value is -2.24. The molecule has 28 heavy (non-hydrogen) atoms. The Balaban J connectivity index is 1.71. The second kappa shape index (κ2) is 12.3. The van der Waals surface area contributed by atoms with E-state index in [0.29, 0.717) is 32.5 Å². The average molecular weight is 391 g/mol. The van der Waals surface area contributed by atoms with Gasteiger partial charge in [-0.25, -0.2) is 0 Å². The molecule has 1 saturated heterocycles. The van der Waals surface area contributed by atoms with Gasteiger partial charge in [0.1, 0.15) is 5.75 Å². The molecule has 0 spiro atoms. The maximum absolute atomic E-state index is 12.4. The number of anilines is 1. The topological polar surface area (TPSA) is 67.9 Å². The van der Waals surface area contributed by atoms with Crippen LogP contribution in [0.2, 0.25) is 0 Å². The Labute approximate surface area is 168 Å². The molecule has 6 nitrogen and oxygen atoms in total. The normalized spacial score (nSPS) is 14.6. The molecule has 156 valence electrons. The lowest BCUT2D eigenvalue weighted by atomic mass is 9.97. The van der Waals surface area contributed by atoms with Gasteiger partial charge in [-0.2, -0.15) is 0 Å². The van der Waals surface area contributed by atoms with Crippen LogP contribution in [-0.4, -0.2) is 49.6 Å². The minimum Gasteiger partial charge on any atom is -0.494 e. The van der Waals surface area contributed by atoms with Crippen molar-refractivity contribution >= 4 is 17.6 Å². The van der Waals surface area contributed by atoms with Crippen molar-refractivity contribution in [2.45, 2.75) is 52.4 Å². The number of hydrogen-bond acceptors (Lipinski definition) is 5. The molecule has 1 aromatic rings. The molecule has 0 radical (unpaired) electrons. The standard InChI is InChI=1S/C22H34N2O4/c1-3-5-6-7-15-28-20-10-8-9-19(16-20)23-17-21(25)24-13-11-18(12-14-24)22(26)27-4-2/h8-10,16,18,23H,3-7,11-15,17H2,1-2H3. The van der Waals surface area contributed by atoms with E-state index >= 15 is 0 Å². The van der Waals surface area contributed by atoms with Gasteiger partial charge in [0.15, 0.2) is 0 Å². The fraction of sp³-hybridized carbons (Fsp3) is 0.636. The maximum Gasteiger partial charge on any atom is 0.309 e. The highest BCUT2D eigenvalue weighted by Crippen LogP contribution is 2.20.